The molecule has 0 saturated carbocycles. The number of aliphatic imine (C=N–C) groups is 1. The maximum absolute atomic E-state index is 15.6. The molecule has 2 aromatic heterocycles. The number of anilines is 1. The molecule has 2 aliphatic rings. The first kappa shape index (κ1) is 34.4. The van der Waals surface area contributed by atoms with E-state index >= 15 is 4.39 Å². The molecule has 0 spiro atoms. The molecule has 0 aliphatic carbocycles. The predicted octanol–water partition coefficient (Wildman–Crippen LogP) is 7.29. The Labute approximate surface area is 285 Å². The first-order valence-electron chi connectivity index (χ1n) is 14.8. The van der Waals surface area contributed by atoms with Gasteiger partial charge in [0.05, 0.1) is 33.0 Å². The highest BCUT2D eigenvalue weighted by molar-refractivity contribution is 6.39. The molecule has 3 aromatic rings. The molecule has 2 aliphatic heterocycles. The molecular formula is C33H31Cl3F2N6O3. The molecule has 0 radical (unpaired) electrons. The van der Waals surface area contributed by atoms with E-state index in [2.05, 4.69) is 22.6 Å². The Morgan fingerprint density at radius 3 is 2.36 bits per heavy atom. The Bertz CT molecular complexity index is 1960. The van der Waals surface area contributed by atoms with Crippen LogP contribution in [0.2, 0.25) is 15.1 Å². The summed E-state index contributed by atoms with van der Waals surface area (Å²) >= 11 is 18.7. The van der Waals surface area contributed by atoms with Gasteiger partial charge in [0.15, 0.2) is 17.4 Å². The van der Waals surface area contributed by atoms with Gasteiger partial charge in [0.1, 0.15) is 22.3 Å². The minimum Gasteiger partial charge on any atom is -0.504 e. The highest BCUT2D eigenvalue weighted by Gasteiger charge is 2.38. The smallest absolute Gasteiger partial charge is 0.272 e. The number of nitriles is 1. The van der Waals surface area contributed by atoms with Crippen LogP contribution in [0.5, 0.6) is 5.75 Å². The Morgan fingerprint density at radius 1 is 1.15 bits per heavy atom. The van der Waals surface area contributed by atoms with Crippen LogP contribution >= 0.6 is 34.8 Å². The molecule has 5 rings (SSSR count). The van der Waals surface area contributed by atoms with E-state index in [4.69, 9.17) is 34.8 Å². The number of phenolic OH excluding ortho intramolecular Hbond substituents is 1. The molecule has 0 bridgehead atoms. The van der Waals surface area contributed by atoms with Gasteiger partial charge in [-0.15, -0.1) is 0 Å². The molecule has 4 heterocycles. The second-order valence-corrected chi connectivity index (χ2v) is 13.2. The van der Waals surface area contributed by atoms with Gasteiger partial charge in [0.2, 0.25) is 5.91 Å². The lowest BCUT2D eigenvalue weighted by Gasteiger charge is -2.45. The van der Waals surface area contributed by atoms with Crippen LogP contribution < -0.4 is 10.5 Å². The highest BCUT2D eigenvalue weighted by Crippen LogP contribution is 2.45. The monoisotopic (exact) mass is 702 g/mol. The zero-order chi connectivity index (χ0) is 34.6. The average Bonchev–Trinajstić information content (AvgIpc) is 3.02. The van der Waals surface area contributed by atoms with E-state index in [1.165, 1.54) is 16.7 Å². The molecule has 1 amide bonds. The summed E-state index contributed by atoms with van der Waals surface area (Å²) in [5.41, 5.74) is -1.02. The van der Waals surface area contributed by atoms with Gasteiger partial charge in [-0.3, -0.25) is 19.1 Å². The normalized spacial score (nSPS) is 21.3. The molecule has 9 nitrogen and oxygen atoms in total. The molecule has 1 fully saturated rings. The Balaban J connectivity index is 1.91. The van der Waals surface area contributed by atoms with E-state index in [0.717, 1.165) is 0 Å². The average molecular weight is 704 g/mol. The second-order valence-electron chi connectivity index (χ2n) is 12.1. The number of benzene rings is 1. The third-order valence-electron chi connectivity index (χ3n) is 8.65. The molecule has 1 N–H and O–H groups in total. The number of amides is 1. The first-order valence-corrected chi connectivity index (χ1v) is 16.0. The number of aromatic hydroxyl groups is 1. The minimum absolute atomic E-state index is 0.000816. The number of hydrogen-bond acceptors (Lipinski definition) is 7. The fourth-order valence-electron chi connectivity index (χ4n) is 6.60. The van der Waals surface area contributed by atoms with Gasteiger partial charge in [-0.25, -0.2) is 13.8 Å². The van der Waals surface area contributed by atoms with E-state index in [1.807, 2.05) is 45.6 Å². The number of aromatic nitrogens is 2. The van der Waals surface area contributed by atoms with Gasteiger partial charge in [0, 0.05) is 48.4 Å². The predicted molar refractivity (Wildman–Crippen MR) is 181 cm³/mol. The van der Waals surface area contributed by atoms with Crippen molar-refractivity contribution in [2.75, 3.05) is 18.0 Å². The molecular weight excluding hydrogens is 673 g/mol. The molecule has 1 aromatic carbocycles. The van der Waals surface area contributed by atoms with Crippen molar-refractivity contribution in [1.82, 2.24) is 14.5 Å². The summed E-state index contributed by atoms with van der Waals surface area (Å²) in [6.07, 6.45) is 4.70. The van der Waals surface area contributed by atoms with Crippen molar-refractivity contribution < 1.29 is 18.7 Å². The molecule has 1 saturated heterocycles. The summed E-state index contributed by atoms with van der Waals surface area (Å²) in [6, 6.07) is 2.11. The minimum atomic E-state index is -1.36. The van der Waals surface area contributed by atoms with Gasteiger partial charge in [-0.1, -0.05) is 68.2 Å². The van der Waals surface area contributed by atoms with Crippen LogP contribution in [-0.4, -0.2) is 56.3 Å². The van der Waals surface area contributed by atoms with Crippen molar-refractivity contribution >= 4 is 63.1 Å². The lowest BCUT2D eigenvalue weighted by Crippen LogP contribution is -2.58. The molecule has 246 valence electrons. The van der Waals surface area contributed by atoms with Crippen LogP contribution in [0.4, 0.5) is 14.5 Å². The van der Waals surface area contributed by atoms with E-state index in [-0.39, 0.29) is 75.9 Å². The van der Waals surface area contributed by atoms with Crippen molar-refractivity contribution in [3.63, 3.8) is 0 Å². The standard InChI is InChI=1S/C33H31Cl3F2N6O3/c1-7-21(45)43-16(5)12-42(13-17(43)6)30-18-10-20(34)28(22-23(35)26(38)24(36)31(46)25(22)37)41-32(18)44(33(47)19(30)11-39)29-15(4)8-9-40-27(29)14(2)3/h7-10,14-17,29,46H,1,12-13H2,2-6H3/t15-,16-,17+,29?/m1/s1. The zero-order valence-electron chi connectivity index (χ0n) is 26.2. The maximum Gasteiger partial charge on any atom is 0.272 e. The fraction of sp³-hybridized carbons (Fsp3) is 0.364. The lowest BCUT2D eigenvalue weighted by atomic mass is 9.88. The largest absolute Gasteiger partial charge is 0.504 e. The third kappa shape index (κ3) is 5.56. The number of phenols is 1. The Kier molecular flexibility index (Phi) is 9.43. The fourth-order valence-corrected chi connectivity index (χ4v) is 7.34. The van der Waals surface area contributed by atoms with Crippen LogP contribution in [0.3, 0.4) is 0 Å². The maximum atomic E-state index is 15.6. The zero-order valence-corrected chi connectivity index (χ0v) is 28.4. The number of hydrogen-bond donors (Lipinski definition) is 1. The first-order chi connectivity index (χ1) is 22.2. The van der Waals surface area contributed by atoms with E-state index in [1.54, 1.807) is 11.1 Å². The third-order valence-corrected chi connectivity index (χ3v) is 9.63. The van der Waals surface area contributed by atoms with Crippen molar-refractivity contribution in [2.45, 2.75) is 52.7 Å². The number of carbonyl (C=O) groups excluding carboxylic acids is 1. The van der Waals surface area contributed by atoms with E-state index in [9.17, 15) is 24.3 Å². The van der Waals surface area contributed by atoms with Crippen LogP contribution in [0.25, 0.3) is 22.3 Å². The summed E-state index contributed by atoms with van der Waals surface area (Å²) in [5.74, 6) is -4.51. The Morgan fingerprint density at radius 2 is 1.79 bits per heavy atom. The van der Waals surface area contributed by atoms with Gasteiger partial charge in [0.25, 0.3) is 5.56 Å². The number of fused-ring (bicyclic) bond motifs is 1. The number of allylic oxidation sites excluding steroid dienone is 1. The number of carbonyl (C=O) groups is 1. The van der Waals surface area contributed by atoms with Crippen LogP contribution in [0.15, 0.2) is 40.8 Å². The Hall–Kier alpha value is -3.98. The molecule has 47 heavy (non-hydrogen) atoms. The summed E-state index contributed by atoms with van der Waals surface area (Å²) in [4.78, 5) is 39.9. The summed E-state index contributed by atoms with van der Waals surface area (Å²) in [5, 5.41) is 19.2. The number of nitrogens with zero attached hydrogens (tertiary/aromatic N) is 6. The van der Waals surface area contributed by atoms with Crippen LogP contribution in [-0.2, 0) is 4.79 Å². The van der Waals surface area contributed by atoms with Crippen LogP contribution in [0.1, 0.15) is 46.2 Å². The second kappa shape index (κ2) is 12.9. The molecule has 14 heteroatoms. The summed E-state index contributed by atoms with van der Waals surface area (Å²) in [6.45, 7) is 13.5. The van der Waals surface area contributed by atoms with E-state index < -0.39 is 44.6 Å². The lowest BCUT2D eigenvalue weighted by molar-refractivity contribution is -0.130. The van der Waals surface area contributed by atoms with Gasteiger partial charge in [-0.2, -0.15) is 5.26 Å². The van der Waals surface area contributed by atoms with Crippen LogP contribution in [0, 0.1) is 34.8 Å². The van der Waals surface area contributed by atoms with Gasteiger partial charge >= 0.3 is 0 Å². The summed E-state index contributed by atoms with van der Waals surface area (Å²) < 4.78 is 31.9. The van der Waals surface area contributed by atoms with Gasteiger partial charge in [-0.05, 0) is 31.9 Å². The number of pyridine rings is 2. The number of piperazine rings is 1. The highest BCUT2D eigenvalue weighted by atomic mass is 35.5. The molecule has 1 unspecified atom stereocenters. The number of halogens is 5. The quantitative estimate of drug-likeness (QED) is 0.170. The SMILES string of the molecule is C=CC(=O)N1[C@H](C)CN(c2c(C#N)c(=O)n(C3C(C(C)C)=NC=C[C@H]3C)c3nc(-c4c(F)c(O)c(Cl)c(F)c4Cl)c(Cl)cc23)C[C@@H]1C. The van der Waals surface area contributed by atoms with Crippen molar-refractivity contribution in [3.05, 3.63) is 73.6 Å². The number of rotatable bonds is 5. The summed E-state index contributed by atoms with van der Waals surface area (Å²) in [7, 11) is 0. The van der Waals surface area contributed by atoms with Crippen molar-refractivity contribution in [1.29, 1.82) is 5.26 Å². The van der Waals surface area contributed by atoms with Gasteiger partial charge < -0.3 is 14.9 Å². The topological polar surface area (TPSA) is 115 Å². The van der Waals surface area contributed by atoms with E-state index in [0.29, 0.717) is 5.71 Å². The van der Waals surface area contributed by atoms with Crippen molar-refractivity contribution in [2.24, 2.45) is 16.8 Å². The van der Waals surface area contributed by atoms with Crippen molar-refractivity contribution in [3.8, 4) is 23.1 Å². The molecule has 4 atom stereocenters.